The lowest BCUT2D eigenvalue weighted by Gasteiger charge is -2.33. The van der Waals surface area contributed by atoms with Crippen LogP contribution in [0.2, 0.25) is 0 Å². The summed E-state index contributed by atoms with van der Waals surface area (Å²) in [4.78, 5) is 4.12. The van der Waals surface area contributed by atoms with Crippen LogP contribution in [0.1, 0.15) is 5.56 Å². The van der Waals surface area contributed by atoms with Crippen molar-refractivity contribution >= 4 is 21.6 Å². The second-order valence-electron chi connectivity index (χ2n) is 5.72. The van der Waals surface area contributed by atoms with E-state index < -0.39 is 0 Å². The van der Waals surface area contributed by atoms with E-state index in [1.165, 1.54) is 24.3 Å². The predicted molar refractivity (Wildman–Crippen MR) is 93.7 cm³/mol. The first-order valence-electron chi connectivity index (χ1n) is 7.72. The number of anilines is 1. The molecular formula is C18H22BrN2O+. The molecule has 0 aliphatic carbocycles. The van der Waals surface area contributed by atoms with Gasteiger partial charge in [-0.1, -0.05) is 18.2 Å². The third kappa shape index (κ3) is 3.62. The largest absolute Gasteiger partial charge is 0.496 e. The zero-order valence-electron chi connectivity index (χ0n) is 12.9. The first-order valence-corrected chi connectivity index (χ1v) is 8.51. The molecular weight excluding hydrogens is 340 g/mol. The number of para-hydroxylation sites is 1. The molecule has 116 valence electrons. The molecule has 0 radical (unpaired) electrons. The Balaban J connectivity index is 1.57. The molecule has 1 fully saturated rings. The molecule has 0 amide bonds. The Bertz CT molecular complexity index is 610. The van der Waals surface area contributed by atoms with Gasteiger partial charge in [-0.3, -0.25) is 0 Å². The van der Waals surface area contributed by atoms with E-state index in [2.05, 4.69) is 63.3 Å². The second kappa shape index (κ2) is 7.16. The SMILES string of the molecule is COc1ccc(C[NH+]2CCN(c3ccccc3)CC2)cc1Br. The summed E-state index contributed by atoms with van der Waals surface area (Å²) in [6, 6.07) is 17.1. The van der Waals surface area contributed by atoms with E-state index >= 15 is 0 Å². The number of nitrogens with zero attached hydrogens (tertiary/aromatic N) is 1. The van der Waals surface area contributed by atoms with Crippen LogP contribution in [-0.4, -0.2) is 33.3 Å². The predicted octanol–water partition coefficient (Wildman–Crippen LogP) is 2.36. The highest BCUT2D eigenvalue weighted by Gasteiger charge is 2.20. The van der Waals surface area contributed by atoms with Crippen molar-refractivity contribution in [1.82, 2.24) is 0 Å². The van der Waals surface area contributed by atoms with Gasteiger partial charge in [0.15, 0.2) is 0 Å². The Kier molecular flexibility index (Phi) is 5.01. The number of quaternary nitrogens is 1. The number of nitrogens with one attached hydrogen (secondary N) is 1. The van der Waals surface area contributed by atoms with Crippen LogP contribution in [0.3, 0.4) is 0 Å². The standard InChI is InChI=1S/C18H21BrN2O/c1-22-18-8-7-15(13-17(18)19)14-20-9-11-21(12-10-20)16-5-3-2-4-6-16/h2-8,13H,9-12,14H2,1H3/p+1. The third-order valence-corrected chi connectivity index (χ3v) is 4.88. The number of halogens is 1. The van der Waals surface area contributed by atoms with Gasteiger partial charge in [0, 0.05) is 11.3 Å². The lowest BCUT2D eigenvalue weighted by atomic mass is 10.2. The van der Waals surface area contributed by atoms with E-state index in [-0.39, 0.29) is 0 Å². The number of rotatable bonds is 4. The van der Waals surface area contributed by atoms with Crippen LogP contribution in [0.15, 0.2) is 53.0 Å². The molecule has 1 aliphatic rings. The maximum atomic E-state index is 5.29. The highest BCUT2D eigenvalue weighted by atomic mass is 79.9. The minimum atomic E-state index is 0.896. The van der Waals surface area contributed by atoms with Gasteiger partial charge in [-0.25, -0.2) is 0 Å². The molecule has 1 N–H and O–H groups in total. The fourth-order valence-electron chi connectivity index (χ4n) is 3.01. The van der Waals surface area contributed by atoms with Gasteiger partial charge in [-0.2, -0.15) is 0 Å². The van der Waals surface area contributed by atoms with E-state index in [4.69, 9.17) is 4.74 Å². The number of benzene rings is 2. The Morgan fingerprint density at radius 2 is 1.82 bits per heavy atom. The minimum absolute atomic E-state index is 0.896. The third-order valence-electron chi connectivity index (χ3n) is 4.26. The average molecular weight is 362 g/mol. The van der Waals surface area contributed by atoms with Gasteiger partial charge in [-0.05, 0) is 46.3 Å². The molecule has 0 saturated carbocycles. The number of methoxy groups -OCH3 is 1. The molecule has 1 aliphatic heterocycles. The summed E-state index contributed by atoms with van der Waals surface area (Å²) in [6.07, 6.45) is 0. The summed E-state index contributed by atoms with van der Waals surface area (Å²) in [7, 11) is 1.70. The van der Waals surface area contributed by atoms with Gasteiger partial charge >= 0.3 is 0 Å². The van der Waals surface area contributed by atoms with Crippen molar-refractivity contribution in [3.05, 3.63) is 58.6 Å². The van der Waals surface area contributed by atoms with Crippen molar-refractivity contribution in [2.24, 2.45) is 0 Å². The van der Waals surface area contributed by atoms with E-state index in [0.29, 0.717) is 0 Å². The van der Waals surface area contributed by atoms with Crippen molar-refractivity contribution in [2.45, 2.75) is 6.54 Å². The molecule has 4 heteroatoms. The van der Waals surface area contributed by atoms with Crippen LogP contribution in [0.25, 0.3) is 0 Å². The molecule has 0 atom stereocenters. The average Bonchev–Trinajstić information content (AvgIpc) is 2.57. The molecule has 0 aromatic heterocycles. The normalized spacial score (nSPS) is 15.8. The summed E-state index contributed by atoms with van der Waals surface area (Å²) >= 11 is 3.57. The van der Waals surface area contributed by atoms with Crippen molar-refractivity contribution in [3.8, 4) is 5.75 Å². The number of hydrogen-bond acceptors (Lipinski definition) is 2. The van der Waals surface area contributed by atoms with Crippen LogP contribution >= 0.6 is 15.9 Å². The summed E-state index contributed by atoms with van der Waals surface area (Å²) < 4.78 is 6.33. The van der Waals surface area contributed by atoms with E-state index in [1.54, 1.807) is 12.0 Å². The van der Waals surface area contributed by atoms with Crippen LogP contribution in [0, 0.1) is 0 Å². The second-order valence-corrected chi connectivity index (χ2v) is 6.57. The molecule has 22 heavy (non-hydrogen) atoms. The first-order chi connectivity index (χ1) is 10.8. The van der Waals surface area contributed by atoms with Gasteiger partial charge < -0.3 is 14.5 Å². The topological polar surface area (TPSA) is 16.9 Å². The van der Waals surface area contributed by atoms with Gasteiger partial charge in [0.2, 0.25) is 0 Å². The van der Waals surface area contributed by atoms with E-state index in [0.717, 1.165) is 29.9 Å². The Morgan fingerprint density at radius 3 is 2.45 bits per heavy atom. The highest BCUT2D eigenvalue weighted by molar-refractivity contribution is 9.10. The van der Waals surface area contributed by atoms with Crippen LogP contribution in [0.5, 0.6) is 5.75 Å². The zero-order valence-corrected chi connectivity index (χ0v) is 14.5. The lowest BCUT2D eigenvalue weighted by Crippen LogP contribution is -3.13. The molecule has 3 nitrogen and oxygen atoms in total. The molecule has 3 rings (SSSR count). The smallest absolute Gasteiger partial charge is 0.133 e. The van der Waals surface area contributed by atoms with Crippen molar-refractivity contribution in [2.75, 3.05) is 38.2 Å². The van der Waals surface area contributed by atoms with Crippen molar-refractivity contribution in [1.29, 1.82) is 0 Å². The van der Waals surface area contributed by atoms with E-state index in [1.807, 2.05) is 6.07 Å². The zero-order chi connectivity index (χ0) is 15.4. The monoisotopic (exact) mass is 361 g/mol. The maximum absolute atomic E-state index is 5.29. The molecule has 1 heterocycles. The fourth-order valence-corrected chi connectivity index (χ4v) is 3.59. The number of hydrogen-bond donors (Lipinski definition) is 1. The molecule has 0 unspecified atom stereocenters. The van der Waals surface area contributed by atoms with Gasteiger partial charge in [0.05, 0.1) is 37.8 Å². The summed E-state index contributed by atoms with van der Waals surface area (Å²) in [5.41, 5.74) is 2.70. The van der Waals surface area contributed by atoms with E-state index in [9.17, 15) is 0 Å². The molecule has 2 aromatic rings. The fraction of sp³-hybridized carbons (Fsp3) is 0.333. The van der Waals surface area contributed by atoms with Gasteiger partial charge in [-0.15, -0.1) is 0 Å². The van der Waals surface area contributed by atoms with Crippen LogP contribution < -0.4 is 14.5 Å². The molecule has 2 aromatic carbocycles. The first kappa shape index (κ1) is 15.4. The quantitative estimate of drug-likeness (QED) is 0.900. The Morgan fingerprint density at radius 1 is 1.09 bits per heavy atom. The van der Waals surface area contributed by atoms with Crippen LogP contribution in [-0.2, 0) is 6.54 Å². The van der Waals surface area contributed by atoms with Crippen LogP contribution in [0.4, 0.5) is 5.69 Å². The number of piperazine rings is 1. The summed E-state index contributed by atoms with van der Waals surface area (Å²) in [5, 5.41) is 0. The molecule has 0 spiro atoms. The summed E-state index contributed by atoms with van der Waals surface area (Å²) in [6.45, 7) is 5.68. The molecule has 1 saturated heterocycles. The minimum Gasteiger partial charge on any atom is -0.496 e. The maximum Gasteiger partial charge on any atom is 0.133 e. The lowest BCUT2D eigenvalue weighted by molar-refractivity contribution is -0.914. The molecule has 0 bridgehead atoms. The van der Waals surface area contributed by atoms with Gasteiger partial charge in [0.1, 0.15) is 12.3 Å². The highest BCUT2D eigenvalue weighted by Crippen LogP contribution is 2.25. The number of ether oxygens (including phenoxy) is 1. The summed E-state index contributed by atoms with van der Waals surface area (Å²) in [5.74, 6) is 0.896. The Labute approximate surface area is 140 Å². The Hall–Kier alpha value is -1.52. The van der Waals surface area contributed by atoms with Crippen molar-refractivity contribution in [3.63, 3.8) is 0 Å². The van der Waals surface area contributed by atoms with Crippen molar-refractivity contribution < 1.29 is 9.64 Å². The van der Waals surface area contributed by atoms with Gasteiger partial charge in [0.25, 0.3) is 0 Å².